The fraction of sp³-hybridized carbons (Fsp3) is 0.600. The monoisotopic (exact) mass is 426 g/mol. The first kappa shape index (κ1) is 22.0. The number of aryl methyl sites for hydroxylation is 2. The lowest BCUT2D eigenvalue weighted by molar-refractivity contribution is -0.138. The van der Waals surface area contributed by atoms with Crippen LogP contribution < -0.4 is 0 Å². The Bertz CT molecular complexity index is 927. The number of aromatic nitrogens is 2. The standard InChI is InChI=1S/C25H35FN4O/c1-18-21(17-29(4)27-18)16-28(3)23(15-20-7-5-6-8-22(20)26)19-9-13-30(14-10-19)24(31)25(2)11-12-25/h5-8,17,19,23H,9-16H2,1-4H3. The predicted molar refractivity (Wildman–Crippen MR) is 120 cm³/mol. The Balaban J connectivity index is 1.49. The molecular weight excluding hydrogens is 391 g/mol. The highest BCUT2D eigenvalue weighted by Gasteiger charge is 2.47. The first-order chi connectivity index (χ1) is 14.8. The normalized spacial score (nSPS) is 19.6. The van der Waals surface area contributed by atoms with Crippen LogP contribution in [-0.4, -0.2) is 51.7 Å². The van der Waals surface area contributed by atoms with Crippen molar-refractivity contribution in [1.82, 2.24) is 19.6 Å². The highest BCUT2D eigenvalue weighted by Crippen LogP contribution is 2.47. The molecule has 0 spiro atoms. The minimum Gasteiger partial charge on any atom is -0.342 e. The maximum atomic E-state index is 14.5. The molecule has 1 atom stereocenters. The Hall–Kier alpha value is -2.21. The van der Waals surface area contributed by atoms with Gasteiger partial charge in [-0.1, -0.05) is 25.1 Å². The number of hydrogen-bond acceptors (Lipinski definition) is 3. The molecule has 2 heterocycles. The number of hydrogen-bond donors (Lipinski definition) is 0. The average molecular weight is 427 g/mol. The summed E-state index contributed by atoms with van der Waals surface area (Å²) in [6.45, 7) is 6.54. The van der Waals surface area contributed by atoms with Gasteiger partial charge in [-0.05, 0) is 63.6 Å². The molecule has 0 bridgehead atoms. The van der Waals surface area contributed by atoms with Crippen LogP contribution in [-0.2, 0) is 24.8 Å². The van der Waals surface area contributed by atoms with Crippen molar-refractivity contribution in [3.63, 3.8) is 0 Å². The van der Waals surface area contributed by atoms with Gasteiger partial charge in [-0.2, -0.15) is 5.10 Å². The van der Waals surface area contributed by atoms with Gasteiger partial charge in [0.1, 0.15) is 5.82 Å². The summed E-state index contributed by atoms with van der Waals surface area (Å²) in [5.41, 5.74) is 2.91. The molecule has 2 fully saturated rings. The van der Waals surface area contributed by atoms with E-state index in [1.165, 1.54) is 5.56 Å². The smallest absolute Gasteiger partial charge is 0.228 e. The summed E-state index contributed by atoms with van der Waals surface area (Å²) >= 11 is 0. The van der Waals surface area contributed by atoms with Gasteiger partial charge in [0.25, 0.3) is 0 Å². The van der Waals surface area contributed by atoms with E-state index in [0.29, 0.717) is 18.2 Å². The molecule has 168 valence electrons. The Morgan fingerprint density at radius 1 is 1.26 bits per heavy atom. The lowest BCUT2D eigenvalue weighted by Crippen LogP contribution is -2.47. The molecule has 2 aliphatic rings. The van der Waals surface area contributed by atoms with Crippen molar-refractivity contribution in [3.8, 4) is 0 Å². The van der Waals surface area contributed by atoms with Gasteiger partial charge in [-0.3, -0.25) is 14.4 Å². The zero-order chi connectivity index (χ0) is 22.2. The van der Waals surface area contributed by atoms with Crippen molar-refractivity contribution >= 4 is 5.91 Å². The van der Waals surface area contributed by atoms with E-state index in [1.807, 2.05) is 30.8 Å². The molecule has 5 nitrogen and oxygen atoms in total. The van der Waals surface area contributed by atoms with Gasteiger partial charge < -0.3 is 4.90 Å². The Labute approximate surface area is 185 Å². The van der Waals surface area contributed by atoms with E-state index in [0.717, 1.165) is 56.6 Å². The summed E-state index contributed by atoms with van der Waals surface area (Å²) in [5, 5.41) is 4.48. The fourth-order valence-corrected chi connectivity index (χ4v) is 5.03. The highest BCUT2D eigenvalue weighted by molar-refractivity contribution is 5.84. The van der Waals surface area contributed by atoms with Crippen molar-refractivity contribution in [2.24, 2.45) is 18.4 Å². The largest absolute Gasteiger partial charge is 0.342 e. The van der Waals surface area contributed by atoms with Crippen LogP contribution in [0.2, 0.25) is 0 Å². The third-order valence-corrected chi connectivity index (χ3v) is 7.38. The predicted octanol–water partition coefficient (Wildman–Crippen LogP) is 3.95. The molecule has 0 N–H and O–H groups in total. The molecule has 2 aromatic rings. The van der Waals surface area contributed by atoms with Crippen LogP contribution in [0.1, 0.15) is 49.4 Å². The van der Waals surface area contributed by atoms with E-state index in [9.17, 15) is 9.18 Å². The van der Waals surface area contributed by atoms with Crippen LogP contribution in [0.3, 0.4) is 0 Å². The van der Waals surface area contributed by atoms with Gasteiger partial charge in [-0.15, -0.1) is 0 Å². The van der Waals surface area contributed by atoms with Crippen LogP contribution in [0.4, 0.5) is 4.39 Å². The third kappa shape index (κ3) is 4.84. The van der Waals surface area contributed by atoms with Gasteiger partial charge >= 0.3 is 0 Å². The van der Waals surface area contributed by atoms with E-state index in [-0.39, 0.29) is 17.3 Å². The topological polar surface area (TPSA) is 41.4 Å². The first-order valence-electron chi connectivity index (χ1n) is 11.5. The van der Waals surface area contributed by atoms with Crippen LogP contribution in [0.25, 0.3) is 0 Å². The Kier molecular flexibility index (Phi) is 6.20. The van der Waals surface area contributed by atoms with E-state index >= 15 is 0 Å². The number of piperidine rings is 1. The molecule has 1 aromatic carbocycles. The summed E-state index contributed by atoms with van der Waals surface area (Å²) in [4.78, 5) is 17.2. The second-order valence-electron chi connectivity index (χ2n) is 9.88. The van der Waals surface area contributed by atoms with Crippen LogP contribution in [0.15, 0.2) is 30.5 Å². The first-order valence-corrected chi connectivity index (χ1v) is 11.5. The van der Waals surface area contributed by atoms with Gasteiger partial charge in [0.15, 0.2) is 0 Å². The molecule has 1 aromatic heterocycles. The second kappa shape index (κ2) is 8.73. The SMILES string of the molecule is Cc1nn(C)cc1CN(C)C(Cc1ccccc1F)C1CCN(C(=O)C2(C)CC2)CC1. The number of halogens is 1. The van der Waals surface area contributed by atoms with Gasteiger partial charge in [-0.25, -0.2) is 4.39 Å². The van der Waals surface area contributed by atoms with Crippen LogP contribution in [0.5, 0.6) is 0 Å². The molecule has 0 radical (unpaired) electrons. The maximum absolute atomic E-state index is 14.5. The molecular formula is C25H35FN4O. The van der Waals surface area contributed by atoms with Crippen molar-refractivity contribution in [3.05, 3.63) is 53.1 Å². The minimum atomic E-state index is -0.132. The van der Waals surface area contributed by atoms with Crippen LogP contribution >= 0.6 is 0 Å². The van der Waals surface area contributed by atoms with E-state index in [1.54, 1.807) is 12.1 Å². The Morgan fingerprint density at radius 2 is 1.94 bits per heavy atom. The summed E-state index contributed by atoms with van der Waals surface area (Å²) in [6, 6.07) is 7.33. The molecule has 1 saturated carbocycles. The number of amides is 1. The molecule has 1 saturated heterocycles. The minimum absolute atomic E-state index is 0.103. The average Bonchev–Trinajstić information content (AvgIpc) is 3.42. The van der Waals surface area contributed by atoms with Crippen LogP contribution in [0, 0.1) is 24.1 Å². The summed E-state index contributed by atoms with van der Waals surface area (Å²) in [6.07, 6.45) is 6.74. The number of likely N-dealkylation sites (tertiary alicyclic amines) is 1. The summed E-state index contributed by atoms with van der Waals surface area (Å²) in [5.74, 6) is 0.626. The lowest BCUT2D eigenvalue weighted by Gasteiger charge is -2.41. The van der Waals surface area contributed by atoms with E-state index < -0.39 is 0 Å². The van der Waals surface area contributed by atoms with Crippen molar-refractivity contribution in [1.29, 1.82) is 0 Å². The molecule has 4 rings (SSSR count). The van der Waals surface area contributed by atoms with Crippen molar-refractivity contribution in [2.75, 3.05) is 20.1 Å². The van der Waals surface area contributed by atoms with Gasteiger partial charge in [0.05, 0.1) is 5.69 Å². The Morgan fingerprint density at radius 3 is 2.52 bits per heavy atom. The van der Waals surface area contributed by atoms with E-state index in [4.69, 9.17) is 0 Å². The third-order valence-electron chi connectivity index (χ3n) is 7.38. The molecule has 1 amide bonds. The zero-order valence-corrected chi connectivity index (χ0v) is 19.3. The number of carbonyl (C=O) groups excluding carboxylic acids is 1. The molecule has 1 unspecified atom stereocenters. The fourth-order valence-electron chi connectivity index (χ4n) is 5.03. The number of likely N-dealkylation sites (N-methyl/N-ethyl adjacent to an activating group) is 1. The summed E-state index contributed by atoms with van der Waals surface area (Å²) in [7, 11) is 4.08. The molecule has 31 heavy (non-hydrogen) atoms. The molecule has 1 aliphatic heterocycles. The maximum Gasteiger partial charge on any atom is 0.228 e. The number of nitrogens with zero attached hydrogens (tertiary/aromatic N) is 4. The summed E-state index contributed by atoms with van der Waals surface area (Å²) < 4.78 is 16.4. The van der Waals surface area contributed by atoms with Crippen molar-refractivity contribution < 1.29 is 9.18 Å². The van der Waals surface area contributed by atoms with Crippen molar-refractivity contribution in [2.45, 2.75) is 58.5 Å². The number of rotatable bonds is 7. The lowest BCUT2D eigenvalue weighted by atomic mass is 9.84. The quantitative estimate of drug-likeness (QED) is 0.673. The number of benzene rings is 1. The van der Waals surface area contributed by atoms with E-state index in [2.05, 4.69) is 35.1 Å². The highest BCUT2D eigenvalue weighted by atomic mass is 19.1. The van der Waals surface area contributed by atoms with Gasteiger partial charge in [0, 0.05) is 49.9 Å². The zero-order valence-electron chi connectivity index (χ0n) is 19.3. The van der Waals surface area contributed by atoms with Gasteiger partial charge in [0.2, 0.25) is 5.91 Å². The molecule has 6 heteroatoms. The number of carbonyl (C=O) groups is 1. The molecule has 1 aliphatic carbocycles. The second-order valence-corrected chi connectivity index (χ2v) is 9.88.